The molecule has 90 valence electrons. The summed E-state index contributed by atoms with van der Waals surface area (Å²) in [5, 5.41) is 20.2. The molecule has 0 heterocycles. The molecule has 0 amide bonds. The zero-order valence-corrected chi connectivity index (χ0v) is 10.2. The second-order valence-corrected chi connectivity index (χ2v) is 4.96. The van der Waals surface area contributed by atoms with Gasteiger partial charge in [-0.2, -0.15) is 0 Å². The molecule has 0 aromatic carbocycles. The van der Waals surface area contributed by atoms with E-state index in [-0.39, 0.29) is 5.92 Å². The van der Waals surface area contributed by atoms with Crippen molar-refractivity contribution in [1.82, 2.24) is 0 Å². The molecular formula is C13H26O2. The van der Waals surface area contributed by atoms with E-state index < -0.39 is 12.2 Å². The predicted octanol–water partition coefficient (Wildman–Crippen LogP) is 2.72. The molecule has 0 spiro atoms. The fourth-order valence-electron chi connectivity index (χ4n) is 2.81. The maximum absolute atomic E-state index is 10.1. The Hall–Kier alpha value is -0.0800. The number of hydrogen-bond donors (Lipinski definition) is 2. The molecule has 0 aromatic rings. The summed E-state index contributed by atoms with van der Waals surface area (Å²) in [4.78, 5) is 0. The zero-order valence-electron chi connectivity index (χ0n) is 10.2. The molecule has 15 heavy (non-hydrogen) atoms. The first-order valence-electron chi connectivity index (χ1n) is 6.56. The topological polar surface area (TPSA) is 40.5 Å². The van der Waals surface area contributed by atoms with Crippen molar-refractivity contribution in [3.8, 4) is 0 Å². The van der Waals surface area contributed by atoms with E-state index in [4.69, 9.17) is 0 Å². The summed E-state index contributed by atoms with van der Waals surface area (Å²) in [6.45, 7) is 4.18. The lowest BCUT2D eigenvalue weighted by molar-refractivity contribution is -0.0568. The van der Waals surface area contributed by atoms with Gasteiger partial charge in [-0.05, 0) is 24.7 Å². The third-order valence-corrected chi connectivity index (χ3v) is 4.01. The minimum absolute atomic E-state index is 0.266. The fourth-order valence-corrected chi connectivity index (χ4v) is 2.81. The van der Waals surface area contributed by atoms with E-state index >= 15 is 0 Å². The average Bonchev–Trinajstić information content (AvgIpc) is 2.30. The Morgan fingerprint density at radius 2 is 1.53 bits per heavy atom. The Morgan fingerprint density at radius 3 is 2.00 bits per heavy atom. The minimum atomic E-state index is -0.511. The highest BCUT2D eigenvalue weighted by atomic mass is 16.3. The molecular weight excluding hydrogens is 188 g/mol. The first-order chi connectivity index (χ1) is 7.20. The Labute approximate surface area is 93.7 Å². The molecule has 0 aliphatic heterocycles. The molecule has 1 aliphatic carbocycles. The van der Waals surface area contributed by atoms with Crippen LogP contribution < -0.4 is 0 Å². The van der Waals surface area contributed by atoms with Gasteiger partial charge in [0.2, 0.25) is 0 Å². The van der Waals surface area contributed by atoms with Crippen LogP contribution in [0.4, 0.5) is 0 Å². The van der Waals surface area contributed by atoms with Crippen LogP contribution in [0.5, 0.6) is 0 Å². The average molecular weight is 214 g/mol. The van der Waals surface area contributed by atoms with E-state index in [1.807, 2.05) is 0 Å². The summed E-state index contributed by atoms with van der Waals surface area (Å²) in [6.07, 6.45) is 6.84. The van der Waals surface area contributed by atoms with Crippen molar-refractivity contribution in [1.29, 1.82) is 0 Å². The molecule has 2 nitrogen and oxygen atoms in total. The second-order valence-electron chi connectivity index (χ2n) is 4.96. The predicted molar refractivity (Wildman–Crippen MR) is 62.7 cm³/mol. The van der Waals surface area contributed by atoms with Gasteiger partial charge in [0, 0.05) is 0 Å². The fraction of sp³-hybridized carbons (Fsp3) is 1.00. The van der Waals surface area contributed by atoms with Crippen LogP contribution in [0.1, 0.15) is 58.8 Å². The number of aliphatic hydroxyl groups excluding tert-OH is 2. The van der Waals surface area contributed by atoms with E-state index in [0.29, 0.717) is 5.92 Å². The van der Waals surface area contributed by atoms with Gasteiger partial charge < -0.3 is 10.2 Å². The van der Waals surface area contributed by atoms with Crippen LogP contribution in [0.25, 0.3) is 0 Å². The van der Waals surface area contributed by atoms with Crippen LogP contribution in [0, 0.1) is 11.8 Å². The van der Waals surface area contributed by atoms with Crippen molar-refractivity contribution in [3.63, 3.8) is 0 Å². The molecule has 1 saturated carbocycles. The maximum Gasteiger partial charge on any atom is 0.0829 e. The van der Waals surface area contributed by atoms with E-state index in [2.05, 4.69) is 13.8 Å². The molecule has 2 atom stereocenters. The van der Waals surface area contributed by atoms with Crippen LogP contribution in [0.15, 0.2) is 0 Å². The molecule has 2 heteroatoms. The highest BCUT2D eigenvalue weighted by Gasteiger charge is 2.31. The van der Waals surface area contributed by atoms with E-state index in [0.717, 1.165) is 25.7 Å². The minimum Gasteiger partial charge on any atom is -0.390 e. The van der Waals surface area contributed by atoms with E-state index in [1.54, 1.807) is 0 Å². The van der Waals surface area contributed by atoms with E-state index in [9.17, 15) is 10.2 Å². The highest BCUT2D eigenvalue weighted by molar-refractivity contribution is 4.82. The van der Waals surface area contributed by atoms with Crippen LogP contribution >= 0.6 is 0 Å². The SMILES string of the molecule is CCC(CC)C(O)C(O)C1CCCCC1. The maximum atomic E-state index is 10.1. The monoisotopic (exact) mass is 214 g/mol. The molecule has 0 saturated heterocycles. The van der Waals surface area contributed by atoms with Crippen molar-refractivity contribution >= 4 is 0 Å². The van der Waals surface area contributed by atoms with Gasteiger partial charge in [-0.3, -0.25) is 0 Å². The van der Waals surface area contributed by atoms with Crippen LogP contribution in [0.3, 0.4) is 0 Å². The number of hydrogen-bond acceptors (Lipinski definition) is 2. The van der Waals surface area contributed by atoms with Gasteiger partial charge in [0.1, 0.15) is 0 Å². The van der Waals surface area contributed by atoms with Gasteiger partial charge >= 0.3 is 0 Å². The van der Waals surface area contributed by atoms with Gasteiger partial charge in [0.25, 0.3) is 0 Å². The van der Waals surface area contributed by atoms with Gasteiger partial charge in [-0.25, -0.2) is 0 Å². The normalized spacial score (nSPS) is 23.0. The molecule has 2 N–H and O–H groups in total. The largest absolute Gasteiger partial charge is 0.390 e. The third-order valence-electron chi connectivity index (χ3n) is 4.01. The number of rotatable bonds is 5. The molecule has 2 unspecified atom stereocenters. The quantitative estimate of drug-likeness (QED) is 0.738. The summed E-state index contributed by atoms with van der Waals surface area (Å²) in [6, 6.07) is 0. The van der Waals surface area contributed by atoms with Gasteiger partial charge in [-0.15, -0.1) is 0 Å². The van der Waals surface area contributed by atoms with Crippen LogP contribution in [0.2, 0.25) is 0 Å². The van der Waals surface area contributed by atoms with Crippen LogP contribution in [-0.2, 0) is 0 Å². The lowest BCUT2D eigenvalue weighted by atomic mass is 9.79. The Kier molecular flexibility index (Phi) is 5.62. The van der Waals surface area contributed by atoms with Gasteiger partial charge in [0.05, 0.1) is 12.2 Å². The first-order valence-corrected chi connectivity index (χ1v) is 6.56. The van der Waals surface area contributed by atoms with Crippen molar-refractivity contribution in [2.45, 2.75) is 71.0 Å². The summed E-state index contributed by atoms with van der Waals surface area (Å²) in [5.41, 5.74) is 0. The van der Waals surface area contributed by atoms with Crippen LogP contribution in [-0.4, -0.2) is 22.4 Å². The Balaban J connectivity index is 2.45. The van der Waals surface area contributed by atoms with Gasteiger partial charge in [0.15, 0.2) is 0 Å². The molecule has 1 fully saturated rings. The lowest BCUT2D eigenvalue weighted by Crippen LogP contribution is -2.39. The Morgan fingerprint density at radius 1 is 1.00 bits per heavy atom. The van der Waals surface area contributed by atoms with Crippen molar-refractivity contribution in [2.24, 2.45) is 11.8 Å². The summed E-state index contributed by atoms with van der Waals surface area (Å²) < 4.78 is 0. The standard InChI is InChI=1S/C13H26O2/c1-3-10(4-2)12(14)13(15)11-8-6-5-7-9-11/h10-15H,3-9H2,1-2H3. The second kappa shape index (κ2) is 6.49. The summed E-state index contributed by atoms with van der Waals surface area (Å²) in [7, 11) is 0. The third kappa shape index (κ3) is 3.46. The smallest absolute Gasteiger partial charge is 0.0829 e. The van der Waals surface area contributed by atoms with Crippen molar-refractivity contribution < 1.29 is 10.2 Å². The first kappa shape index (κ1) is 13.0. The number of aliphatic hydroxyl groups is 2. The summed E-state index contributed by atoms with van der Waals surface area (Å²) in [5.74, 6) is 0.608. The molecule has 0 radical (unpaired) electrons. The molecule has 0 bridgehead atoms. The van der Waals surface area contributed by atoms with Gasteiger partial charge in [-0.1, -0.05) is 46.0 Å². The Bertz CT molecular complexity index is 160. The molecule has 0 aromatic heterocycles. The highest BCUT2D eigenvalue weighted by Crippen LogP contribution is 2.30. The van der Waals surface area contributed by atoms with Crippen molar-refractivity contribution in [2.75, 3.05) is 0 Å². The zero-order chi connectivity index (χ0) is 11.3. The molecule has 1 aliphatic rings. The summed E-state index contributed by atoms with van der Waals surface area (Å²) >= 11 is 0. The lowest BCUT2D eigenvalue weighted by Gasteiger charge is -2.33. The molecule has 1 rings (SSSR count). The van der Waals surface area contributed by atoms with Crippen molar-refractivity contribution in [3.05, 3.63) is 0 Å². The van der Waals surface area contributed by atoms with E-state index in [1.165, 1.54) is 19.3 Å².